The van der Waals surface area contributed by atoms with Gasteiger partial charge >= 0.3 is 0 Å². The van der Waals surface area contributed by atoms with E-state index in [-0.39, 0.29) is 6.61 Å². The molecule has 0 saturated heterocycles. The molecule has 1 rings (SSSR count). The average molecular weight is 251 g/mol. The molecule has 2 N–H and O–H groups in total. The van der Waals surface area contributed by atoms with Crippen molar-refractivity contribution in [1.29, 1.82) is 0 Å². The van der Waals surface area contributed by atoms with E-state index in [2.05, 4.69) is 31.0 Å². The van der Waals surface area contributed by atoms with E-state index in [1.54, 1.807) is 0 Å². The third-order valence-electron chi connectivity index (χ3n) is 2.57. The van der Waals surface area contributed by atoms with E-state index in [0.717, 1.165) is 23.6 Å². The molecule has 94 valence electrons. The Morgan fingerprint density at radius 3 is 3.06 bits per heavy atom. The summed E-state index contributed by atoms with van der Waals surface area (Å²) in [6.45, 7) is 6.94. The standard InChI is InChI=1S/C14H21NOS/c1-3-8-17-9-7-15-12(2)14-6-4-5-13(10-14)11-16/h3-6,10,12,15-16H,1,7-9,11H2,2H3. The van der Waals surface area contributed by atoms with Gasteiger partial charge in [0.15, 0.2) is 0 Å². The van der Waals surface area contributed by atoms with Crippen LogP contribution >= 0.6 is 11.8 Å². The Hall–Kier alpha value is -0.770. The van der Waals surface area contributed by atoms with Crippen LogP contribution in [0.1, 0.15) is 24.1 Å². The van der Waals surface area contributed by atoms with Crippen molar-refractivity contribution in [3.05, 3.63) is 48.0 Å². The molecule has 0 aliphatic carbocycles. The summed E-state index contributed by atoms with van der Waals surface area (Å²) in [5.74, 6) is 2.10. The molecular formula is C14H21NOS. The highest BCUT2D eigenvalue weighted by atomic mass is 32.2. The fraction of sp³-hybridized carbons (Fsp3) is 0.429. The lowest BCUT2D eigenvalue weighted by molar-refractivity contribution is 0.281. The van der Waals surface area contributed by atoms with Crippen molar-refractivity contribution in [3.63, 3.8) is 0 Å². The molecule has 1 atom stereocenters. The number of thioether (sulfide) groups is 1. The smallest absolute Gasteiger partial charge is 0.0681 e. The molecule has 3 heteroatoms. The minimum Gasteiger partial charge on any atom is -0.392 e. The Balaban J connectivity index is 2.35. The number of hydrogen-bond acceptors (Lipinski definition) is 3. The van der Waals surface area contributed by atoms with Crippen molar-refractivity contribution < 1.29 is 5.11 Å². The van der Waals surface area contributed by atoms with Gasteiger partial charge in [-0.05, 0) is 18.1 Å². The van der Waals surface area contributed by atoms with Crippen LogP contribution in [0.4, 0.5) is 0 Å². The van der Waals surface area contributed by atoms with Crippen LogP contribution in [-0.4, -0.2) is 23.2 Å². The van der Waals surface area contributed by atoms with Crippen LogP contribution in [0.15, 0.2) is 36.9 Å². The molecular weight excluding hydrogens is 230 g/mol. The van der Waals surface area contributed by atoms with Crippen LogP contribution in [0.5, 0.6) is 0 Å². The first-order chi connectivity index (χ1) is 8.27. The summed E-state index contributed by atoms with van der Waals surface area (Å²) in [6, 6.07) is 8.40. The summed E-state index contributed by atoms with van der Waals surface area (Å²) in [7, 11) is 0. The van der Waals surface area contributed by atoms with Crippen molar-refractivity contribution in [2.24, 2.45) is 0 Å². The largest absolute Gasteiger partial charge is 0.392 e. The SMILES string of the molecule is C=CCSCCNC(C)c1cccc(CO)c1. The zero-order chi connectivity index (χ0) is 12.5. The predicted molar refractivity (Wildman–Crippen MR) is 76.3 cm³/mol. The molecule has 0 aliphatic heterocycles. The first-order valence-electron chi connectivity index (χ1n) is 5.89. The Labute approximate surface area is 108 Å². The molecule has 0 aromatic heterocycles. The lowest BCUT2D eigenvalue weighted by Crippen LogP contribution is -2.21. The Bertz CT molecular complexity index is 341. The third-order valence-corrected chi connectivity index (χ3v) is 3.53. The van der Waals surface area contributed by atoms with Crippen LogP contribution in [0, 0.1) is 0 Å². The molecule has 17 heavy (non-hydrogen) atoms. The molecule has 1 aromatic carbocycles. The predicted octanol–water partition coefficient (Wildman–Crippen LogP) is 2.75. The molecule has 0 aliphatic rings. The molecule has 0 amide bonds. The molecule has 1 aromatic rings. The van der Waals surface area contributed by atoms with Crippen molar-refractivity contribution in [1.82, 2.24) is 5.32 Å². The number of aliphatic hydroxyl groups is 1. The first-order valence-corrected chi connectivity index (χ1v) is 7.05. The molecule has 0 heterocycles. The van der Waals surface area contributed by atoms with E-state index < -0.39 is 0 Å². The molecule has 1 unspecified atom stereocenters. The number of nitrogens with one attached hydrogen (secondary N) is 1. The van der Waals surface area contributed by atoms with Gasteiger partial charge in [0.25, 0.3) is 0 Å². The second-order valence-corrected chi connectivity index (χ2v) is 5.09. The monoisotopic (exact) mass is 251 g/mol. The fourth-order valence-corrected chi connectivity index (χ4v) is 2.19. The summed E-state index contributed by atoms with van der Waals surface area (Å²) < 4.78 is 0. The zero-order valence-corrected chi connectivity index (χ0v) is 11.2. The van der Waals surface area contributed by atoms with Gasteiger partial charge in [0.2, 0.25) is 0 Å². The van der Waals surface area contributed by atoms with Crippen LogP contribution in [0.25, 0.3) is 0 Å². The Kier molecular flexibility index (Phi) is 7.01. The highest BCUT2D eigenvalue weighted by Gasteiger charge is 2.04. The van der Waals surface area contributed by atoms with Gasteiger partial charge < -0.3 is 10.4 Å². The second kappa shape index (κ2) is 8.34. The van der Waals surface area contributed by atoms with Crippen LogP contribution in [0.2, 0.25) is 0 Å². The van der Waals surface area contributed by atoms with Gasteiger partial charge in [-0.3, -0.25) is 0 Å². The number of benzene rings is 1. The van der Waals surface area contributed by atoms with E-state index in [1.807, 2.05) is 30.0 Å². The van der Waals surface area contributed by atoms with Gasteiger partial charge in [-0.1, -0.05) is 30.3 Å². The van der Waals surface area contributed by atoms with Gasteiger partial charge in [-0.25, -0.2) is 0 Å². The summed E-state index contributed by atoms with van der Waals surface area (Å²) in [5.41, 5.74) is 2.20. The number of hydrogen-bond donors (Lipinski definition) is 2. The highest BCUT2D eigenvalue weighted by Crippen LogP contribution is 2.14. The summed E-state index contributed by atoms with van der Waals surface area (Å²) in [4.78, 5) is 0. The van der Waals surface area contributed by atoms with E-state index in [4.69, 9.17) is 5.11 Å². The maximum Gasteiger partial charge on any atom is 0.0681 e. The van der Waals surface area contributed by atoms with Crippen molar-refractivity contribution in [2.45, 2.75) is 19.6 Å². The number of rotatable bonds is 8. The van der Waals surface area contributed by atoms with Gasteiger partial charge in [0.05, 0.1) is 6.61 Å². The van der Waals surface area contributed by atoms with E-state index >= 15 is 0 Å². The highest BCUT2D eigenvalue weighted by molar-refractivity contribution is 7.99. The maximum atomic E-state index is 9.08. The van der Waals surface area contributed by atoms with E-state index in [0.29, 0.717) is 6.04 Å². The van der Waals surface area contributed by atoms with Crippen LogP contribution in [0.3, 0.4) is 0 Å². The fourth-order valence-electron chi connectivity index (χ4n) is 1.59. The van der Waals surface area contributed by atoms with Crippen molar-refractivity contribution in [2.75, 3.05) is 18.1 Å². The topological polar surface area (TPSA) is 32.3 Å². The average Bonchev–Trinajstić information content (AvgIpc) is 2.38. The number of aliphatic hydroxyl groups excluding tert-OH is 1. The summed E-state index contributed by atoms with van der Waals surface area (Å²) in [5, 5.41) is 12.6. The molecule has 0 bridgehead atoms. The summed E-state index contributed by atoms with van der Waals surface area (Å²) >= 11 is 1.88. The molecule has 0 saturated carbocycles. The lowest BCUT2D eigenvalue weighted by atomic mass is 10.1. The molecule has 2 nitrogen and oxygen atoms in total. The Morgan fingerprint density at radius 2 is 2.35 bits per heavy atom. The van der Waals surface area contributed by atoms with Gasteiger partial charge in [0.1, 0.15) is 0 Å². The van der Waals surface area contributed by atoms with Crippen molar-refractivity contribution >= 4 is 11.8 Å². The quantitative estimate of drug-likeness (QED) is 0.550. The maximum absolute atomic E-state index is 9.08. The molecule has 0 radical (unpaired) electrons. The lowest BCUT2D eigenvalue weighted by Gasteiger charge is -2.14. The van der Waals surface area contributed by atoms with Gasteiger partial charge in [-0.15, -0.1) is 6.58 Å². The van der Waals surface area contributed by atoms with Crippen LogP contribution < -0.4 is 5.32 Å². The van der Waals surface area contributed by atoms with Gasteiger partial charge in [0, 0.05) is 24.1 Å². The Morgan fingerprint density at radius 1 is 1.53 bits per heavy atom. The summed E-state index contributed by atoms with van der Waals surface area (Å²) in [6.07, 6.45) is 1.93. The van der Waals surface area contributed by atoms with E-state index in [9.17, 15) is 0 Å². The first kappa shape index (κ1) is 14.3. The molecule has 0 fully saturated rings. The van der Waals surface area contributed by atoms with Crippen LogP contribution in [-0.2, 0) is 6.61 Å². The van der Waals surface area contributed by atoms with E-state index in [1.165, 1.54) is 5.56 Å². The zero-order valence-electron chi connectivity index (χ0n) is 10.4. The van der Waals surface area contributed by atoms with Crippen molar-refractivity contribution in [3.8, 4) is 0 Å². The normalized spacial score (nSPS) is 12.4. The third kappa shape index (κ3) is 5.39. The molecule has 0 spiro atoms. The minimum atomic E-state index is 0.107. The van der Waals surface area contributed by atoms with Gasteiger partial charge in [-0.2, -0.15) is 11.8 Å². The second-order valence-electron chi connectivity index (χ2n) is 3.94. The minimum absolute atomic E-state index is 0.107.